The van der Waals surface area contributed by atoms with Crippen molar-refractivity contribution >= 4 is 37.3 Å². The van der Waals surface area contributed by atoms with E-state index in [0.29, 0.717) is 15.2 Å². The van der Waals surface area contributed by atoms with Gasteiger partial charge in [0.15, 0.2) is 0 Å². The first-order chi connectivity index (χ1) is 9.96. The standard InChI is InChI=1S/C15H18BrNO2S2/c1-3-12(2)17(11-13-7-5-4-6-8-13)21(18,19)15-14(16)9-10-20-15/h4-10,12H,3,11H2,1-2H3. The molecule has 0 bridgehead atoms. The summed E-state index contributed by atoms with van der Waals surface area (Å²) in [6, 6.07) is 11.4. The number of rotatable bonds is 6. The summed E-state index contributed by atoms with van der Waals surface area (Å²) in [5, 5.41) is 1.79. The molecule has 1 aromatic heterocycles. The molecule has 0 spiro atoms. The number of halogens is 1. The van der Waals surface area contributed by atoms with Crippen LogP contribution in [0.3, 0.4) is 0 Å². The molecule has 114 valence electrons. The van der Waals surface area contributed by atoms with E-state index in [2.05, 4.69) is 15.9 Å². The van der Waals surface area contributed by atoms with Gasteiger partial charge in [-0.2, -0.15) is 4.31 Å². The lowest BCUT2D eigenvalue weighted by atomic mass is 10.2. The number of benzene rings is 1. The Kier molecular flexibility index (Phi) is 5.60. The Labute approximate surface area is 138 Å². The monoisotopic (exact) mass is 387 g/mol. The smallest absolute Gasteiger partial charge is 0.206 e. The molecule has 0 amide bonds. The molecule has 0 aliphatic carbocycles. The van der Waals surface area contributed by atoms with Gasteiger partial charge in [0.2, 0.25) is 0 Å². The maximum absolute atomic E-state index is 12.9. The predicted octanol–water partition coefficient (Wildman–Crippen LogP) is 4.50. The van der Waals surface area contributed by atoms with Crippen molar-refractivity contribution in [2.75, 3.05) is 0 Å². The topological polar surface area (TPSA) is 37.4 Å². The Balaban J connectivity index is 2.39. The van der Waals surface area contributed by atoms with Crippen molar-refractivity contribution in [1.82, 2.24) is 4.31 Å². The fraction of sp³-hybridized carbons (Fsp3) is 0.333. The molecular weight excluding hydrogens is 370 g/mol. The number of hydrogen-bond acceptors (Lipinski definition) is 3. The van der Waals surface area contributed by atoms with E-state index in [0.717, 1.165) is 12.0 Å². The van der Waals surface area contributed by atoms with Crippen LogP contribution in [-0.4, -0.2) is 18.8 Å². The molecule has 6 heteroatoms. The maximum atomic E-state index is 12.9. The quantitative estimate of drug-likeness (QED) is 0.731. The van der Waals surface area contributed by atoms with Gasteiger partial charge >= 0.3 is 0 Å². The molecule has 2 rings (SSSR count). The highest BCUT2D eigenvalue weighted by Gasteiger charge is 2.31. The first-order valence-corrected chi connectivity index (χ1v) is 9.86. The molecule has 0 saturated carbocycles. The Hall–Kier alpha value is -0.690. The molecule has 1 atom stereocenters. The predicted molar refractivity (Wildman–Crippen MR) is 90.9 cm³/mol. The van der Waals surface area contributed by atoms with Gasteiger partial charge in [-0.25, -0.2) is 8.42 Å². The second-order valence-corrected chi connectivity index (χ2v) is 8.71. The van der Waals surface area contributed by atoms with Crippen LogP contribution in [-0.2, 0) is 16.6 Å². The molecule has 1 heterocycles. The molecule has 3 nitrogen and oxygen atoms in total. The number of thiophene rings is 1. The molecule has 0 aliphatic rings. The lowest BCUT2D eigenvalue weighted by Gasteiger charge is -2.27. The van der Waals surface area contributed by atoms with E-state index < -0.39 is 10.0 Å². The summed E-state index contributed by atoms with van der Waals surface area (Å²) in [4.78, 5) is 0. The zero-order valence-corrected chi connectivity index (χ0v) is 15.2. The van der Waals surface area contributed by atoms with Crippen LogP contribution in [0.25, 0.3) is 0 Å². The van der Waals surface area contributed by atoms with Crippen LogP contribution in [0.5, 0.6) is 0 Å². The first-order valence-electron chi connectivity index (χ1n) is 6.75. The van der Waals surface area contributed by atoms with Crippen LogP contribution >= 0.6 is 27.3 Å². The van der Waals surface area contributed by atoms with Crippen molar-refractivity contribution in [3.63, 3.8) is 0 Å². The van der Waals surface area contributed by atoms with Crippen molar-refractivity contribution in [1.29, 1.82) is 0 Å². The van der Waals surface area contributed by atoms with Crippen LogP contribution in [0.2, 0.25) is 0 Å². The van der Waals surface area contributed by atoms with Crippen LogP contribution in [0, 0.1) is 0 Å². The fourth-order valence-corrected chi connectivity index (χ4v) is 6.13. The van der Waals surface area contributed by atoms with Gasteiger partial charge < -0.3 is 0 Å². The number of nitrogens with zero attached hydrogens (tertiary/aromatic N) is 1. The van der Waals surface area contributed by atoms with Crippen molar-refractivity contribution in [3.05, 3.63) is 51.8 Å². The summed E-state index contributed by atoms with van der Waals surface area (Å²) >= 11 is 4.58. The van der Waals surface area contributed by atoms with Gasteiger partial charge in [-0.05, 0) is 46.3 Å². The van der Waals surface area contributed by atoms with E-state index >= 15 is 0 Å². The summed E-state index contributed by atoms with van der Waals surface area (Å²) in [7, 11) is -3.49. The van der Waals surface area contributed by atoms with Crippen molar-refractivity contribution < 1.29 is 8.42 Å². The van der Waals surface area contributed by atoms with Gasteiger partial charge in [0.1, 0.15) is 4.21 Å². The zero-order chi connectivity index (χ0) is 15.5. The molecule has 0 saturated heterocycles. The SMILES string of the molecule is CCC(C)N(Cc1ccccc1)S(=O)(=O)c1sccc1Br. The van der Waals surface area contributed by atoms with Crippen LogP contribution in [0.4, 0.5) is 0 Å². The molecule has 0 radical (unpaired) electrons. The first kappa shape index (κ1) is 16.7. The Morgan fingerprint density at radius 2 is 1.90 bits per heavy atom. The summed E-state index contributed by atoms with van der Waals surface area (Å²) in [5.41, 5.74) is 0.994. The van der Waals surface area contributed by atoms with Crippen LogP contribution in [0.1, 0.15) is 25.8 Å². The molecule has 0 fully saturated rings. The van der Waals surface area contributed by atoms with Crippen molar-refractivity contribution in [2.45, 2.75) is 37.1 Å². The minimum absolute atomic E-state index is 0.0517. The average Bonchev–Trinajstić information content (AvgIpc) is 2.92. The second kappa shape index (κ2) is 7.05. The molecule has 1 aromatic carbocycles. The number of sulfonamides is 1. The highest BCUT2D eigenvalue weighted by Crippen LogP contribution is 2.32. The molecular formula is C15H18BrNO2S2. The van der Waals surface area contributed by atoms with Gasteiger partial charge in [-0.1, -0.05) is 37.3 Å². The largest absolute Gasteiger partial charge is 0.254 e. The Morgan fingerprint density at radius 3 is 2.43 bits per heavy atom. The van der Waals surface area contributed by atoms with Crippen LogP contribution in [0.15, 0.2) is 50.5 Å². The third kappa shape index (κ3) is 3.74. The van der Waals surface area contributed by atoms with Crippen molar-refractivity contribution in [2.24, 2.45) is 0 Å². The third-order valence-electron chi connectivity index (χ3n) is 3.39. The average molecular weight is 388 g/mol. The highest BCUT2D eigenvalue weighted by molar-refractivity contribution is 9.10. The minimum Gasteiger partial charge on any atom is -0.206 e. The molecule has 0 N–H and O–H groups in total. The molecule has 1 unspecified atom stereocenters. The molecule has 21 heavy (non-hydrogen) atoms. The van der Waals surface area contributed by atoms with E-state index in [9.17, 15) is 8.42 Å². The molecule has 2 aromatic rings. The van der Waals surface area contributed by atoms with Gasteiger partial charge in [-0.15, -0.1) is 11.3 Å². The maximum Gasteiger partial charge on any atom is 0.254 e. The van der Waals surface area contributed by atoms with E-state index in [4.69, 9.17) is 0 Å². The van der Waals surface area contributed by atoms with Gasteiger partial charge in [0.05, 0.1) is 0 Å². The van der Waals surface area contributed by atoms with Crippen molar-refractivity contribution in [3.8, 4) is 0 Å². The van der Waals surface area contributed by atoms with E-state index in [1.807, 2.05) is 44.2 Å². The van der Waals surface area contributed by atoms with Gasteiger partial charge in [0, 0.05) is 17.1 Å². The van der Waals surface area contributed by atoms with Crippen LogP contribution < -0.4 is 0 Å². The summed E-state index contributed by atoms with van der Waals surface area (Å²) in [5.74, 6) is 0. The Morgan fingerprint density at radius 1 is 1.24 bits per heavy atom. The lowest BCUT2D eigenvalue weighted by molar-refractivity contribution is 0.323. The normalized spacial score (nSPS) is 13.5. The highest BCUT2D eigenvalue weighted by atomic mass is 79.9. The summed E-state index contributed by atoms with van der Waals surface area (Å²) in [6.45, 7) is 4.34. The van der Waals surface area contributed by atoms with E-state index in [1.165, 1.54) is 11.3 Å². The number of hydrogen-bond donors (Lipinski definition) is 0. The molecule has 0 aliphatic heterocycles. The second-order valence-electron chi connectivity index (χ2n) is 4.85. The zero-order valence-electron chi connectivity index (χ0n) is 12.0. The summed E-state index contributed by atoms with van der Waals surface area (Å²) < 4.78 is 28.4. The van der Waals surface area contributed by atoms with Gasteiger partial charge in [0.25, 0.3) is 10.0 Å². The Bertz CT molecular complexity index is 683. The fourth-order valence-electron chi connectivity index (χ4n) is 2.02. The lowest BCUT2D eigenvalue weighted by Crippen LogP contribution is -2.37. The van der Waals surface area contributed by atoms with E-state index in [-0.39, 0.29) is 6.04 Å². The summed E-state index contributed by atoms with van der Waals surface area (Å²) in [6.07, 6.45) is 0.773. The third-order valence-corrected chi connectivity index (χ3v) is 8.00. The minimum atomic E-state index is -3.49. The van der Waals surface area contributed by atoms with Gasteiger partial charge in [-0.3, -0.25) is 0 Å². The van der Waals surface area contributed by atoms with E-state index in [1.54, 1.807) is 15.8 Å².